The number of hydrogen-bond donors (Lipinski definition) is 0. The summed E-state index contributed by atoms with van der Waals surface area (Å²) in [5.41, 5.74) is 10.4. The second-order valence-electron chi connectivity index (χ2n) is 15.6. The van der Waals surface area contributed by atoms with Crippen LogP contribution in [0.25, 0.3) is 107 Å². The van der Waals surface area contributed by atoms with Gasteiger partial charge in [-0.1, -0.05) is 135 Å². The van der Waals surface area contributed by atoms with Crippen molar-refractivity contribution in [3.8, 4) is 33.4 Å². The van der Waals surface area contributed by atoms with Gasteiger partial charge in [0.2, 0.25) is 0 Å². The van der Waals surface area contributed by atoms with E-state index < -0.39 is 0 Å². The molecule has 0 radical (unpaired) electrons. The summed E-state index contributed by atoms with van der Waals surface area (Å²) in [5, 5.41) is 15.8. The maximum Gasteiger partial charge on any atom is 0.0355 e. The molecule has 252 valence electrons. The number of fused-ring (bicyclic) bond motifs is 6. The molecule has 0 fully saturated rings. The van der Waals surface area contributed by atoms with E-state index in [4.69, 9.17) is 0 Å². The minimum absolute atomic E-state index is 0.165. The molecule has 0 nitrogen and oxygen atoms in total. The Hall–Kier alpha value is -6.28. The molecule has 1 aromatic heterocycles. The molecule has 0 unspecified atom stereocenters. The zero-order valence-electron chi connectivity index (χ0n) is 30.1. The minimum atomic E-state index is -0.165. The van der Waals surface area contributed by atoms with Gasteiger partial charge in [0, 0.05) is 25.6 Å². The van der Waals surface area contributed by atoms with E-state index in [-0.39, 0.29) is 5.41 Å². The van der Waals surface area contributed by atoms with Gasteiger partial charge in [0.15, 0.2) is 0 Å². The van der Waals surface area contributed by atoms with Crippen molar-refractivity contribution < 1.29 is 0 Å². The lowest BCUT2D eigenvalue weighted by Gasteiger charge is -2.24. The molecule has 0 atom stereocenters. The molecule has 1 heterocycles. The SMILES string of the molecule is CC1(C)c2cc(-c3ccc4sc5ccccc5c4c3)cc3ccc4cc(-c5c6ccccc6c(-c6ccc7ccccc7c6)c6ccccc56)cc1c4c23. The van der Waals surface area contributed by atoms with Gasteiger partial charge in [0.1, 0.15) is 0 Å². The van der Waals surface area contributed by atoms with Gasteiger partial charge in [-0.2, -0.15) is 0 Å². The molecular formula is C53H34S. The highest BCUT2D eigenvalue weighted by molar-refractivity contribution is 7.25. The van der Waals surface area contributed by atoms with Crippen molar-refractivity contribution in [3.05, 3.63) is 181 Å². The molecule has 12 rings (SSSR count). The smallest absolute Gasteiger partial charge is 0.0355 e. The van der Waals surface area contributed by atoms with Gasteiger partial charge in [-0.15, -0.1) is 11.3 Å². The fourth-order valence-electron chi connectivity index (χ4n) is 9.77. The van der Waals surface area contributed by atoms with E-state index in [0.29, 0.717) is 0 Å². The highest BCUT2D eigenvalue weighted by Crippen LogP contribution is 2.53. The fraction of sp³-hybridized carbons (Fsp3) is 0.0566. The van der Waals surface area contributed by atoms with Crippen molar-refractivity contribution in [2.75, 3.05) is 0 Å². The lowest BCUT2D eigenvalue weighted by Crippen LogP contribution is -2.15. The predicted molar refractivity (Wildman–Crippen MR) is 235 cm³/mol. The summed E-state index contributed by atoms with van der Waals surface area (Å²) < 4.78 is 2.69. The van der Waals surface area contributed by atoms with Gasteiger partial charge in [-0.25, -0.2) is 0 Å². The normalized spacial score (nSPS) is 13.5. The fourth-order valence-corrected chi connectivity index (χ4v) is 10.9. The van der Waals surface area contributed by atoms with E-state index in [1.807, 2.05) is 11.3 Å². The Morgan fingerprint density at radius 1 is 0.333 bits per heavy atom. The van der Waals surface area contributed by atoms with Crippen LogP contribution >= 0.6 is 11.3 Å². The molecule has 54 heavy (non-hydrogen) atoms. The highest BCUT2D eigenvalue weighted by atomic mass is 32.1. The summed E-state index contributed by atoms with van der Waals surface area (Å²) in [4.78, 5) is 0. The molecule has 11 aromatic rings. The van der Waals surface area contributed by atoms with Crippen LogP contribution in [-0.4, -0.2) is 0 Å². The third-order valence-electron chi connectivity index (χ3n) is 12.3. The van der Waals surface area contributed by atoms with Gasteiger partial charge in [-0.05, 0) is 147 Å². The van der Waals surface area contributed by atoms with E-state index in [1.165, 1.54) is 119 Å². The van der Waals surface area contributed by atoms with E-state index in [2.05, 4.69) is 184 Å². The third-order valence-corrected chi connectivity index (χ3v) is 13.5. The van der Waals surface area contributed by atoms with Crippen LogP contribution in [-0.2, 0) is 5.41 Å². The van der Waals surface area contributed by atoms with Crippen molar-refractivity contribution in [2.24, 2.45) is 0 Å². The summed E-state index contributed by atoms with van der Waals surface area (Å²) in [6, 6.07) is 64.1. The number of hydrogen-bond acceptors (Lipinski definition) is 1. The van der Waals surface area contributed by atoms with Gasteiger partial charge in [0.05, 0.1) is 0 Å². The maximum atomic E-state index is 2.52. The first-order chi connectivity index (χ1) is 26.5. The van der Waals surface area contributed by atoms with E-state index in [0.717, 1.165) is 0 Å². The van der Waals surface area contributed by atoms with Crippen molar-refractivity contribution in [1.82, 2.24) is 0 Å². The highest BCUT2D eigenvalue weighted by Gasteiger charge is 2.35. The molecule has 0 bridgehead atoms. The van der Waals surface area contributed by atoms with Crippen molar-refractivity contribution in [2.45, 2.75) is 19.3 Å². The Kier molecular flexibility index (Phi) is 6.09. The van der Waals surface area contributed by atoms with Crippen LogP contribution in [0.1, 0.15) is 25.0 Å². The van der Waals surface area contributed by atoms with Crippen LogP contribution in [0.2, 0.25) is 0 Å². The van der Waals surface area contributed by atoms with Crippen molar-refractivity contribution in [1.29, 1.82) is 0 Å². The Morgan fingerprint density at radius 2 is 0.815 bits per heavy atom. The van der Waals surface area contributed by atoms with E-state index in [9.17, 15) is 0 Å². The average molecular weight is 703 g/mol. The van der Waals surface area contributed by atoms with Crippen LogP contribution in [0.5, 0.6) is 0 Å². The molecule has 1 heteroatoms. The Bertz CT molecular complexity index is 3350. The molecule has 0 N–H and O–H groups in total. The summed E-state index contributed by atoms with van der Waals surface area (Å²) in [7, 11) is 0. The molecule has 10 aromatic carbocycles. The second-order valence-corrected chi connectivity index (χ2v) is 16.7. The summed E-state index contributed by atoms with van der Waals surface area (Å²) >= 11 is 1.88. The Balaban J connectivity index is 1.07. The van der Waals surface area contributed by atoms with Crippen LogP contribution in [0, 0.1) is 0 Å². The zero-order chi connectivity index (χ0) is 35.7. The van der Waals surface area contributed by atoms with E-state index in [1.54, 1.807) is 0 Å². The first kappa shape index (κ1) is 30.2. The molecule has 1 aliphatic rings. The lowest BCUT2D eigenvalue weighted by atomic mass is 9.79. The monoisotopic (exact) mass is 702 g/mol. The number of thiophene rings is 1. The zero-order valence-corrected chi connectivity index (χ0v) is 30.9. The minimum Gasteiger partial charge on any atom is -0.135 e. The molecule has 0 saturated heterocycles. The summed E-state index contributed by atoms with van der Waals surface area (Å²) in [5.74, 6) is 0. The molecule has 0 saturated carbocycles. The quantitative estimate of drug-likeness (QED) is 0.127. The first-order valence-electron chi connectivity index (χ1n) is 18.9. The van der Waals surface area contributed by atoms with Crippen LogP contribution in [0.15, 0.2) is 170 Å². The number of rotatable bonds is 3. The van der Waals surface area contributed by atoms with Gasteiger partial charge < -0.3 is 0 Å². The molecule has 1 aliphatic carbocycles. The Labute approximate surface area is 317 Å². The standard InChI is InChI=1S/C53H34S/c1-53(2)45-29-37(33-23-24-48-44(28-33)39-13-9-10-18-47(39)54-48)26-35-21-22-36-27-38(30-46(53)52(36)51(35)45)50-42-16-7-5-14-40(42)49(41-15-6-8-17-43(41)50)34-20-19-31-11-3-4-12-32(31)25-34/h3-30H,1-2H3. The largest absolute Gasteiger partial charge is 0.135 e. The molecule has 0 spiro atoms. The van der Waals surface area contributed by atoms with Crippen LogP contribution < -0.4 is 0 Å². The van der Waals surface area contributed by atoms with Gasteiger partial charge in [-0.3, -0.25) is 0 Å². The molecule has 0 aliphatic heterocycles. The maximum absolute atomic E-state index is 2.52. The second kappa shape index (κ2) is 10.9. The predicted octanol–water partition coefficient (Wildman–Crippen LogP) is 15.5. The van der Waals surface area contributed by atoms with Crippen LogP contribution in [0.3, 0.4) is 0 Å². The first-order valence-corrected chi connectivity index (χ1v) is 19.7. The third kappa shape index (κ3) is 4.13. The summed E-state index contributed by atoms with van der Waals surface area (Å²) in [6.45, 7) is 4.86. The Morgan fingerprint density at radius 3 is 1.50 bits per heavy atom. The van der Waals surface area contributed by atoms with E-state index >= 15 is 0 Å². The van der Waals surface area contributed by atoms with Gasteiger partial charge >= 0.3 is 0 Å². The summed E-state index contributed by atoms with van der Waals surface area (Å²) in [6.07, 6.45) is 0. The lowest BCUT2D eigenvalue weighted by molar-refractivity contribution is 0.663. The average Bonchev–Trinajstić information content (AvgIpc) is 3.70. The molecular weight excluding hydrogens is 669 g/mol. The van der Waals surface area contributed by atoms with Crippen LogP contribution in [0.4, 0.5) is 0 Å². The number of benzene rings is 10. The van der Waals surface area contributed by atoms with Crippen molar-refractivity contribution >= 4 is 85.4 Å². The van der Waals surface area contributed by atoms with Gasteiger partial charge in [0.25, 0.3) is 0 Å². The van der Waals surface area contributed by atoms with Crippen molar-refractivity contribution in [3.63, 3.8) is 0 Å². The topological polar surface area (TPSA) is 0 Å². The molecule has 0 amide bonds.